The van der Waals surface area contributed by atoms with Crippen molar-refractivity contribution < 1.29 is 19.5 Å². The van der Waals surface area contributed by atoms with Crippen LogP contribution in [0.3, 0.4) is 0 Å². The number of carboxylic acid groups (broad SMARTS) is 1. The van der Waals surface area contributed by atoms with Crippen molar-refractivity contribution in [2.24, 2.45) is 10.8 Å². The third-order valence-corrected chi connectivity index (χ3v) is 2.95. The van der Waals surface area contributed by atoms with Crippen LogP contribution in [0.1, 0.15) is 60.8 Å². The smallest absolute Gasteiger partial charge is 0.326 e. The van der Waals surface area contributed by atoms with E-state index < -0.39 is 17.9 Å². The van der Waals surface area contributed by atoms with Gasteiger partial charge in [-0.05, 0) is 23.7 Å². The van der Waals surface area contributed by atoms with Gasteiger partial charge in [-0.3, -0.25) is 9.59 Å². The molecule has 6 heteroatoms. The maximum absolute atomic E-state index is 11.8. The van der Waals surface area contributed by atoms with Crippen LogP contribution in [0.2, 0.25) is 0 Å². The summed E-state index contributed by atoms with van der Waals surface area (Å²) in [6.07, 6.45) is 1.35. The molecule has 0 radical (unpaired) electrons. The van der Waals surface area contributed by atoms with E-state index in [1.165, 1.54) is 0 Å². The first-order valence-electron chi connectivity index (χ1n) is 7.59. The Bertz CT molecular complexity index is 405. The van der Waals surface area contributed by atoms with Gasteiger partial charge in [-0.25, -0.2) is 4.79 Å². The van der Waals surface area contributed by atoms with Gasteiger partial charge in [0.05, 0.1) is 6.54 Å². The summed E-state index contributed by atoms with van der Waals surface area (Å²) in [5.74, 6) is -1.76. The van der Waals surface area contributed by atoms with Crippen molar-refractivity contribution in [3.63, 3.8) is 0 Å². The van der Waals surface area contributed by atoms with E-state index in [1.807, 2.05) is 41.5 Å². The van der Waals surface area contributed by atoms with Gasteiger partial charge in [0, 0.05) is 6.42 Å². The van der Waals surface area contributed by atoms with Crippen LogP contribution in [0.15, 0.2) is 0 Å². The highest BCUT2D eigenvalue weighted by Crippen LogP contribution is 2.21. The second kappa shape index (κ2) is 8.15. The molecule has 3 N–H and O–H groups in total. The van der Waals surface area contributed by atoms with Crippen molar-refractivity contribution in [2.75, 3.05) is 6.54 Å². The van der Waals surface area contributed by atoms with Crippen LogP contribution in [0.5, 0.6) is 0 Å². The fraction of sp³-hybridized carbons (Fsp3) is 0.812. The lowest BCUT2D eigenvalue weighted by Crippen LogP contribution is -2.46. The molecule has 6 nitrogen and oxygen atoms in total. The van der Waals surface area contributed by atoms with Crippen molar-refractivity contribution in [3.8, 4) is 0 Å². The third-order valence-electron chi connectivity index (χ3n) is 2.95. The molecule has 0 bridgehead atoms. The first-order valence-corrected chi connectivity index (χ1v) is 7.59. The van der Waals surface area contributed by atoms with Crippen LogP contribution in [-0.4, -0.2) is 35.5 Å². The molecule has 0 saturated heterocycles. The zero-order valence-corrected chi connectivity index (χ0v) is 14.6. The number of aliphatic carboxylic acids is 1. The Labute approximate surface area is 133 Å². The predicted molar refractivity (Wildman–Crippen MR) is 85.3 cm³/mol. The van der Waals surface area contributed by atoms with Gasteiger partial charge >= 0.3 is 5.97 Å². The molecule has 1 atom stereocenters. The van der Waals surface area contributed by atoms with Gasteiger partial charge in [-0.15, -0.1) is 0 Å². The van der Waals surface area contributed by atoms with Gasteiger partial charge in [-0.2, -0.15) is 0 Å². The highest BCUT2D eigenvalue weighted by atomic mass is 16.4. The molecule has 0 heterocycles. The Hall–Kier alpha value is -1.59. The number of carbonyl (C=O) groups is 3. The maximum Gasteiger partial charge on any atom is 0.326 e. The second-order valence-corrected chi connectivity index (χ2v) is 8.07. The van der Waals surface area contributed by atoms with E-state index >= 15 is 0 Å². The zero-order valence-electron chi connectivity index (χ0n) is 14.6. The molecule has 22 heavy (non-hydrogen) atoms. The lowest BCUT2D eigenvalue weighted by atomic mass is 9.88. The van der Waals surface area contributed by atoms with Crippen molar-refractivity contribution in [1.29, 1.82) is 0 Å². The molecule has 128 valence electrons. The van der Waals surface area contributed by atoms with Gasteiger partial charge in [0.15, 0.2) is 0 Å². The van der Waals surface area contributed by atoms with Crippen molar-refractivity contribution in [3.05, 3.63) is 0 Å². The first-order chi connectivity index (χ1) is 9.80. The van der Waals surface area contributed by atoms with Gasteiger partial charge < -0.3 is 15.7 Å². The van der Waals surface area contributed by atoms with E-state index in [0.29, 0.717) is 19.3 Å². The van der Waals surface area contributed by atoms with E-state index in [1.54, 1.807) is 0 Å². The SMILES string of the molecule is CC(C)(C)CCC(NC(=O)CNC(=O)CC(C)(C)C)C(=O)O. The number of hydrogen-bond acceptors (Lipinski definition) is 3. The van der Waals surface area contributed by atoms with Gasteiger partial charge in [0.1, 0.15) is 6.04 Å². The highest BCUT2D eigenvalue weighted by Gasteiger charge is 2.23. The molecule has 0 aliphatic rings. The summed E-state index contributed by atoms with van der Waals surface area (Å²) in [7, 11) is 0. The molecule has 0 aliphatic carbocycles. The molecule has 1 unspecified atom stereocenters. The fourth-order valence-electron chi connectivity index (χ4n) is 1.80. The highest BCUT2D eigenvalue weighted by molar-refractivity contribution is 5.87. The minimum atomic E-state index is -1.06. The van der Waals surface area contributed by atoms with Crippen LogP contribution < -0.4 is 10.6 Å². The summed E-state index contributed by atoms with van der Waals surface area (Å²) in [6.45, 7) is 11.6. The average molecular weight is 314 g/mol. The minimum Gasteiger partial charge on any atom is -0.480 e. The van der Waals surface area contributed by atoms with Crippen molar-refractivity contribution >= 4 is 17.8 Å². The summed E-state index contributed by atoms with van der Waals surface area (Å²) in [5.41, 5.74) is -0.157. The molecule has 0 saturated carbocycles. The second-order valence-electron chi connectivity index (χ2n) is 8.07. The minimum absolute atomic E-state index is 0.000643. The van der Waals surface area contributed by atoms with Crippen molar-refractivity contribution in [2.45, 2.75) is 66.8 Å². The molecule has 0 aromatic heterocycles. The summed E-state index contributed by atoms with van der Waals surface area (Å²) in [4.78, 5) is 34.6. The van der Waals surface area contributed by atoms with Gasteiger partial charge in [0.2, 0.25) is 11.8 Å². The zero-order chi connectivity index (χ0) is 17.6. The van der Waals surface area contributed by atoms with Crippen LogP contribution in [0.4, 0.5) is 0 Å². The van der Waals surface area contributed by atoms with Crippen molar-refractivity contribution in [1.82, 2.24) is 10.6 Å². The monoisotopic (exact) mass is 314 g/mol. The molecule has 0 rings (SSSR count). The molecule has 0 spiro atoms. The van der Waals surface area contributed by atoms with E-state index in [-0.39, 0.29) is 23.3 Å². The van der Waals surface area contributed by atoms with E-state index in [4.69, 9.17) is 5.11 Å². The Kier molecular flexibility index (Phi) is 7.56. The van der Waals surface area contributed by atoms with E-state index in [2.05, 4.69) is 10.6 Å². The molecular weight excluding hydrogens is 284 g/mol. The lowest BCUT2D eigenvalue weighted by molar-refractivity contribution is -0.142. The fourth-order valence-corrected chi connectivity index (χ4v) is 1.80. The number of carbonyl (C=O) groups excluding carboxylic acids is 2. The molecule has 0 aromatic carbocycles. The Morgan fingerprint density at radius 3 is 1.91 bits per heavy atom. The Morgan fingerprint density at radius 1 is 0.955 bits per heavy atom. The Morgan fingerprint density at radius 2 is 1.50 bits per heavy atom. The van der Waals surface area contributed by atoms with E-state index in [0.717, 1.165) is 0 Å². The molecular formula is C16H30N2O4. The van der Waals surface area contributed by atoms with Crippen LogP contribution in [0.25, 0.3) is 0 Å². The predicted octanol–water partition coefficient (Wildman–Crippen LogP) is 1.93. The number of hydrogen-bond donors (Lipinski definition) is 3. The average Bonchev–Trinajstić information content (AvgIpc) is 2.28. The summed E-state index contributed by atoms with van der Waals surface area (Å²) >= 11 is 0. The quantitative estimate of drug-likeness (QED) is 0.669. The first kappa shape index (κ1) is 20.4. The molecule has 2 amide bonds. The topological polar surface area (TPSA) is 95.5 Å². The summed E-state index contributed by atoms with van der Waals surface area (Å²) in [6, 6.07) is -0.925. The molecule has 0 aromatic rings. The summed E-state index contributed by atoms with van der Waals surface area (Å²) < 4.78 is 0. The lowest BCUT2D eigenvalue weighted by Gasteiger charge is -2.22. The number of carboxylic acids is 1. The maximum atomic E-state index is 11.8. The summed E-state index contributed by atoms with van der Waals surface area (Å²) in [5, 5.41) is 14.1. The van der Waals surface area contributed by atoms with Crippen LogP contribution in [0, 0.1) is 10.8 Å². The number of amides is 2. The number of nitrogens with one attached hydrogen (secondary N) is 2. The normalized spacial score (nSPS) is 13.4. The van der Waals surface area contributed by atoms with E-state index in [9.17, 15) is 14.4 Å². The van der Waals surface area contributed by atoms with Gasteiger partial charge in [0.25, 0.3) is 0 Å². The standard InChI is InChI=1S/C16H30N2O4/c1-15(2,3)8-7-11(14(21)22)18-13(20)10-17-12(19)9-16(4,5)6/h11H,7-10H2,1-6H3,(H,17,19)(H,18,20)(H,21,22). The largest absolute Gasteiger partial charge is 0.480 e. The van der Waals surface area contributed by atoms with Crippen LogP contribution in [-0.2, 0) is 14.4 Å². The number of rotatable bonds is 7. The van der Waals surface area contributed by atoms with Crippen LogP contribution >= 0.6 is 0 Å². The Balaban J connectivity index is 4.30. The molecule has 0 fully saturated rings. The molecule has 0 aliphatic heterocycles. The van der Waals surface area contributed by atoms with Gasteiger partial charge in [-0.1, -0.05) is 41.5 Å². The third kappa shape index (κ3) is 11.1.